The molecule has 0 saturated heterocycles. The average molecular weight is 286 g/mol. The molecule has 0 unspecified atom stereocenters. The molecule has 20 heavy (non-hydrogen) atoms. The number of carbonyl (C=O) groups is 1. The number of anilines is 1. The van der Waals surface area contributed by atoms with E-state index in [0.29, 0.717) is 19.0 Å². The van der Waals surface area contributed by atoms with Gasteiger partial charge >= 0.3 is 0 Å². The lowest BCUT2D eigenvalue weighted by Crippen LogP contribution is -2.33. The lowest BCUT2D eigenvalue weighted by molar-refractivity contribution is -0.131. The Bertz CT molecular complexity index is 590. The number of carbonyl (C=O) groups excluding carboxylic acids is 1. The summed E-state index contributed by atoms with van der Waals surface area (Å²) < 4.78 is 0. The van der Waals surface area contributed by atoms with Crippen LogP contribution < -0.4 is 5.73 Å². The second-order valence-electron chi connectivity index (χ2n) is 5.21. The van der Waals surface area contributed by atoms with Crippen molar-refractivity contribution in [1.82, 2.24) is 4.90 Å². The van der Waals surface area contributed by atoms with Crippen molar-refractivity contribution in [3.8, 4) is 0 Å². The Hall–Kier alpha value is -1.81. The van der Waals surface area contributed by atoms with E-state index in [-0.39, 0.29) is 5.91 Å². The van der Waals surface area contributed by atoms with Crippen LogP contribution >= 0.6 is 11.3 Å². The molecule has 1 fully saturated rings. The summed E-state index contributed by atoms with van der Waals surface area (Å²) >= 11 is 1.64. The highest BCUT2D eigenvalue weighted by molar-refractivity contribution is 7.10. The highest BCUT2D eigenvalue weighted by Crippen LogP contribution is 2.30. The van der Waals surface area contributed by atoms with Crippen molar-refractivity contribution in [3.05, 3.63) is 52.2 Å². The normalized spacial score (nSPS) is 14.2. The molecule has 1 amide bonds. The zero-order valence-electron chi connectivity index (χ0n) is 11.3. The third kappa shape index (κ3) is 3.02. The van der Waals surface area contributed by atoms with E-state index in [1.165, 1.54) is 0 Å². The van der Waals surface area contributed by atoms with E-state index >= 15 is 0 Å². The van der Waals surface area contributed by atoms with Gasteiger partial charge in [-0.05, 0) is 35.9 Å². The summed E-state index contributed by atoms with van der Waals surface area (Å²) in [4.78, 5) is 15.6. The van der Waals surface area contributed by atoms with Gasteiger partial charge in [0.15, 0.2) is 0 Å². The number of thiophene rings is 1. The Balaban J connectivity index is 1.72. The number of nitrogens with zero attached hydrogens (tertiary/aromatic N) is 1. The molecule has 1 aliphatic rings. The molecule has 1 aromatic carbocycles. The molecule has 0 bridgehead atoms. The molecule has 1 aliphatic carbocycles. The van der Waals surface area contributed by atoms with Crippen LogP contribution in [0.5, 0.6) is 0 Å². The largest absolute Gasteiger partial charge is 0.398 e. The molecular formula is C16H18N2OS. The summed E-state index contributed by atoms with van der Waals surface area (Å²) in [5.41, 5.74) is 7.80. The van der Waals surface area contributed by atoms with Gasteiger partial charge in [-0.2, -0.15) is 0 Å². The monoisotopic (exact) mass is 286 g/mol. The minimum absolute atomic E-state index is 0.207. The lowest BCUT2D eigenvalue weighted by Gasteiger charge is -2.23. The summed E-state index contributed by atoms with van der Waals surface area (Å²) in [6.45, 7) is 0.627. The summed E-state index contributed by atoms with van der Waals surface area (Å²) in [5.74, 6) is 0.207. The highest BCUT2D eigenvalue weighted by atomic mass is 32.1. The maximum atomic E-state index is 12.5. The van der Waals surface area contributed by atoms with Gasteiger partial charge in [-0.1, -0.05) is 24.3 Å². The van der Waals surface area contributed by atoms with Crippen LogP contribution in [0.3, 0.4) is 0 Å². The molecule has 0 spiro atoms. The van der Waals surface area contributed by atoms with Crippen LogP contribution in [-0.2, 0) is 17.8 Å². The van der Waals surface area contributed by atoms with E-state index in [1.807, 2.05) is 46.7 Å². The molecule has 0 aliphatic heterocycles. The smallest absolute Gasteiger partial charge is 0.228 e. The Kier molecular flexibility index (Phi) is 3.74. The summed E-state index contributed by atoms with van der Waals surface area (Å²) in [7, 11) is 0. The minimum Gasteiger partial charge on any atom is -0.398 e. The van der Waals surface area contributed by atoms with Crippen LogP contribution in [0.15, 0.2) is 41.8 Å². The fourth-order valence-corrected chi connectivity index (χ4v) is 3.03. The van der Waals surface area contributed by atoms with Crippen molar-refractivity contribution in [2.45, 2.75) is 31.8 Å². The fourth-order valence-electron chi connectivity index (χ4n) is 2.33. The van der Waals surface area contributed by atoms with E-state index in [2.05, 4.69) is 0 Å². The lowest BCUT2D eigenvalue weighted by atomic mass is 10.1. The van der Waals surface area contributed by atoms with Crippen molar-refractivity contribution in [2.75, 3.05) is 5.73 Å². The van der Waals surface area contributed by atoms with Crippen LogP contribution in [0.1, 0.15) is 23.3 Å². The number of amides is 1. The van der Waals surface area contributed by atoms with Gasteiger partial charge in [-0.15, -0.1) is 11.3 Å². The molecular weight excluding hydrogens is 268 g/mol. The Morgan fingerprint density at radius 3 is 2.70 bits per heavy atom. The molecule has 1 aromatic heterocycles. The maximum absolute atomic E-state index is 12.5. The number of hydrogen-bond acceptors (Lipinski definition) is 3. The van der Waals surface area contributed by atoms with Crippen LogP contribution in [-0.4, -0.2) is 16.8 Å². The second-order valence-corrected chi connectivity index (χ2v) is 6.24. The van der Waals surface area contributed by atoms with Crippen molar-refractivity contribution >= 4 is 22.9 Å². The van der Waals surface area contributed by atoms with Crippen LogP contribution in [0.2, 0.25) is 0 Å². The molecule has 3 rings (SSSR count). The predicted molar refractivity (Wildman–Crippen MR) is 82.4 cm³/mol. The van der Waals surface area contributed by atoms with E-state index < -0.39 is 0 Å². The molecule has 1 heterocycles. The number of nitrogens with two attached hydrogens (primary N) is 1. The van der Waals surface area contributed by atoms with Crippen molar-refractivity contribution in [2.24, 2.45) is 0 Å². The number of nitrogen functional groups attached to an aromatic ring is 1. The molecule has 4 heteroatoms. The first-order chi connectivity index (χ1) is 9.74. The van der Waals surface area contributed by atoms with E-state index in [0.717, 1.165) is 29.0 Å². The number of hydrogen-bond donors (Lipinski definition) is 1. The van der Waals surface area contributed by atoms with Crippen LogP contribution in [0.4, 0.5) is 5.69 Å². The highest BCUT2D eigenvalue weighted by Gasteiger charge is 2.32. The van der Waals surface area contributed by atoms with Gasteiger partial charge in [0, 0.05) is 23.2 Å². The standard InChI is InChI=1S/C16H18N2OS/c17-15-6-2-1-4-12(15)11-18(13-7-8-13)16(19)10-14-5-3-9-20-14/h1-6,9,13H,7-8,10-11,17H2. The van der Waals surface area contributed by atoms with Gasteiger partial charge in [-0.3, -0.25) is 4.79 Å². The van der Waals surface area contributed by atoms with E-state index in [4.69, 9.17) is 5.73 Å². The van der Waals surface area contributed by atoms with E-state index in [1.54, 1.807) is 11.3 Å². The van der Waals surface area contributed by atoms with Gasteiger partial charge < -0.3 is 10.6 Å². The zero-order chi connectivity index (χ0) is 13.9. The van der Waals surface area contributed by atoms with Gasteiger partial charge in [0.2, 0.25) is 5.91 Å². The summed E-state index contributed by atoms with van der Waals surface area (Å²) in [6.07, 6.45) is 2.73. The van der Waals surface area contributed by atoms with Crippen LogP contribution in [0, 0.1) is 0 Å². The third-order valence-corrected chi connectivity index (χ3v) is 4.49. The first-order valence-corrected chi connectivity index (χ1v) is 7.77. The van der Waals surface area contributed by atoms with Crippen molar-refractivity contribution in [3.63, 3.8) is 0 Å². The van der Waals surface area contributed by atoms with Crippen LogP contribution in [0.25, 0.3) is 0 Å². The Morgan fingerprint density at radius 1 is 1.25 bits per heavy atom. The summed E-state index contributed by atoms with van der Waals surface area (Å²) in [5, 5.41) is 2.01. The Morgan fingerprint density at radius 2 is 2.05 bits per heavy atom. The molecule has 2 N–H and O–H groups in total. The number of para-hydroxylation sites is 1. The molecule has 2 aromatic rings. The maximum Gasteiger partial charge on any atom is 0.228 e. The van der Waals surface area contributed by atoms with E-state index in [9.17, 15) is 4.79 Å². The molecule has 0 atom stereocenters. The van der Waals surface area contributed by atoms with Gasteiger partial charge in [0.05, 0.1) is 6.42 Å². The van der Waals surface area contributed by atoms with Gasteiger partial charge in [0.25, 0.3) is 0 Å². The third-order valence-electron chi connectivity index (χ3n) is 3.61. The predicted octanol–water partition coefficient (Wildman–Crippen LogP) is 3.06. The average Bonchev–Trinajstić information content (AvgIpc) is 3.15. The van der Waals surface area contributed by atoms with Gasteiger partial charge in [-0.25, -0.2) is 0 Å². The quantitative estimate of drug-likeness (QED) is 0.859. The molecule has 1 saturated carbocycles. The first-order valence-electron chi connectivity index (χ1n) is 6.89. The first kappa shape index (κ1) is 13.2. The Labute approximate surface area is 123 Å². The molecule has 0 radical (unpaired) electrons. The fraction of sp³-hybridized carbons (Fsp3) is 0.312. The SMILES string of the molecule is Nc1ccccc1CN(C(=O)Cc1cccs1)C1CC1. The minimum atomic E-state index is 0.207. The topological polar surface area (TPSA) is 46.3 Å². The van der Waals surface area contributed by atoms with Gasteiger partial charge in [0.1, 0.15) is 0 Å². The number of rotatable bonds is 5. The zero-order valence-corrected chi connectivity index (χ0v) is 12.1. The molecule has 3 nitrogen and oxygen atoms in total. The second kappa shape index (κ2) is 5.67. The van der Waals surface area contributed by atoms with Crippen molar-refractivity contribution in [1.29, 1.82) is 0 Å². The number of benzene rings is 1. The molecule has 104 valence electrons. The summed E-state index contributed by atoms with van der Waals surface area (Å²) in [6, 6.07) is 12.2. The van der Waals surface area contributed by atoms with Crippen molar-refractivity contribution < 1.29 is 4.79 Å².